The van der Waals surface area contributed by atoms with E-state index in [1.54, 1.807) is 18.3 Å². The third kappa shape index (κ3) is 3.31. The molecule has 1 aliphatic carbocycles. The molecule has 2 atom stereocenters. The minimum absolute atomic E-state index is 0.0323. The SMILES string of the molecule is Cn1cc(-c2n[nH]c(=O)n2-c2cn([C@H]3CC[C@H](N=[N+]=[N-])C3)c3ccc(F)cc23)c2cc(F)ccc21. The van der Waals surface area contributed by atoms with Gasteiger partial charge in [0, 0.05) is 58.3 Å². The standard InChI is InChI=1S/C24H20F2N8O/c1-32-11-19(17-8-13(25)2-6-20(17)32)23-29-30-24(35)34(23)22-12-33(16-5-4-15(10-16)28-31-27)21-7-3-14(26)9-18(21)22/h2-3,6-9,11-12,15-16H,4-5,10H2,1H3,(H,30,35)/t15-,16-/m0/s1. The van der Waals surface area contributed by atoms with Crippen LogP contribution in [0, 0.1) is 11.6 Å². The van der Waals surface area contributed by atoms with Crippen LogP contribution in [-0.4, -0.2) is 29.9 Å². The zero-order valence-electron chi connectivity index (χ0n) is 18.7. The Bertz CT molecular complexity index is 1720. The molecule has 5 aromatic rings. The maximum Gasteiger partial charge on any atom is 0.348 e. The zero-order valence-corrected chi connectivity index (χ0v) is 18.7. The molecule has 0 unspecified atom stereocenters. The van der Waals surface area contributed by atoms with E-state index in [1.807, 2.05) is 22.4 Å². The summed E-state index contributed by atoms with van der Waals surface area (Å²) in [5.74, 6) is -0.531. The number of fused-ring (bicyclic) bond motifs is 2. The third-order valence-corrected chi connectivity index (χ3v) is 6.87. The van der Waals surface area contributed by atoms with Crippen LogP contribution < -0.4 is 5.69 Å². The van der Waals surface area contributed by atoms with E-state index in [0.29, 0.717) is 34.3 Å². The van der Waals surface area contributed by atoms with Gasteiger partial charge in [-0.2, -0.15) is 5.10 Å². The highest BCUT2D eigenvalue weighted by molar-refractivity contribution is 5.96. The first-order chi connectivity index (χ1) is 16.9. The Morgan fingerprint density at radius 2 is 1.83 bits per heavy atom. The van der Waals surface area contributed by atoms with Gasteiger partial charge in [0.15, 0.2) is 5.82 Å². The largest absolute Gasteiger partial charge is 0.350 e. The summed E-state index contributed by atoms with van der Waals surface area (Å²) in [7, 11) is 1.83. The number of H-pyrrole nitrogens is 1. The monoisotopic (exact) mass is 474 g/mol. The summed E-state index contributed by atoms with van der Waals surface area (Å²) >= 11 is 0. The van der Waals surface area contributed by atoms with Crippen LogP contribution in [0.5, 0.6) is 0 Å². The van der Waals surface area contributed by atoms with E-state index in [9.17, 15) is 13.6 Å². The molecule has 1 fully saturated rings. The normalized spacial score (nSPS) is 17.9. The predicted octanol–water partition coefficient (Wildman–Crippen LogP) is 5.36. The molecule has 0 amide bonds. The van der Waals surface area contributed by atoms with Crippen molar-refractivity contribution >= 4 is 21.8 Å². The second kappa shape index (κ2) is 7.85. The number of aryl methyl sites for hydroxylation is 1. The first-order valence-corrected chi connectivity index (χ1v) is 11.2. The van der Waals surface area contributed by atoms with Crippen LogP contribution in [-0.2, 0) is 7.05 Å². The van der Waals surface area contributed by atoms with Gasteiger partial charge in [0.2, 0.25) is 0 Å². The molecule has 3 heterocycles. The van der Waals surface area contributed by atoms with Gasteiger partial charge in [-0.15, -0.1) is 0 Å². The third-order valence-electron chi connectivity index (χ3n) is 6.87. The molecule has 0 bridgehead atoms. The lowest BCUT2D eigenvalue weighted by Crippen LogP contribution is -2.15. The van der Waals surface area contributed by atoms with Crippen molar-refractivity contribution in [1.29, 1.82) is 0 Å². The highest BCUT2D eigenvalue weighted by atomic mass is 19.1. The minimum atomic E-state index is -0.491. The van der Waals surface area contributed by atoms with Crippen LogP contribution in [0.4, 0.5) is 8.78 Å². The number of rotatable bonds is 4. The molecule has 6 rings (SSSR count). The molecular weight excluding hydrogens is 454 g/mol. The van der Waals surface area contributed by atoms with Gasteiger partial charge >= 0.3 is 5.69 Å². The Morgan fingerprint density at radius 3 is 2.60 bits per heavy atom. The summed E-state index contributed by atoms with van der Waals surface area (Å²) in [4.78, 5) is 16.0. The number of nitrogens with zero attached hydrogens (tertiary/aromatic N) is 7. The molecule has 1 aliphatic rings. The van der Waals surface area contributed by atoms with Crippen LogP contribution in [0.25, 0.3) is 49.3 Å². The Labute approximate surface area is 196 Å². The van der Waals surface area contributed by atoms with Crippen LogP contribution in [0.1, 0.15) is 25.3 Å². The number of azide groups is 1. The van der Waals surface area contributed by atoms with Gasteiger partial charge in [0.1, 0.15) is 11.6 Å². The number of aromatic nitrogens is 5. The van der Waals surface area contributed by atoms with E-state index in [1.165, 1.54) is 28.8 Å². The molecule has 0 saturated heterocycles. The van der Waals surface area contributed by atoms with Crippen molar-refractivity contribution in [1.82, 2.24) is 23.9 Å². The first kappa shape index (κ1) is 21.2. The number of nitrogens with one attached hydrogen (secondary N) is 1. The van der Waals surface area contributed by atoms with E-state index in [4.69, 9.17) is 5.53 Å². The second-order valence-corrected chi connectivity index (χ2v) is 8.91. The van der Waals surface area contributed by atoms with Gasteiger partial charge < -0.3 is 9.13 Å². The highest BCUT2D eigenvalue weighted by Crippen LogP contribution is 2.38. The number of halogens is 2. The highest BCUT2D eigenvalue weighted by Gasteiger charge is 2.28. The predicted molar refractivity (Wildman–Crippen MR) is 127 cm³/mol. The topological polar surface area (TPSA) is 109 Å². The molecule has 0 aliphatic heterocycles. The summed E-state index contributed by atoms with van der Waals surface area (Å²) in [6, 6.07) is 8.85. The zero-order chi connectivity index (χ0) is 24.3. The number of hydrogen-bond acceptors (Lipinski definition) is 3. The molecule has 11 heteroatoms. The van der Waals surface area contributed by atoms with Crippen LogP contribution in [0.2, 0.25) is 0 Å². The number of hydrogen-bond donors (Lipinski definition) is 1. The summed E-state index contributed by atoms with van der Waals surface area (Å²) in [5, 5.41) is 11.8. The van der Waals surface area contributed by atoms with Crippen molar-refractivity contribution in [2.45, 2.75) is 31.3 Å². The van der Waals surface area contributed by atoms with Crippen molar-refractivity contribution in [3.8, 4) is 17.1 Å². The Hall–Kier alpha value is -4.37. The van der Waals surface area contributed by atoms with E-state index in [0.717, 1.165) is 23.9 Å². The lowest BCUT2D eigenvalue weighted by molar-refractivity contribution is 0.525. The van der Waals surface area contributed by atoms with Crippen LogP contribution >= 0.6 is 0 Å². The Balaban J connectivity index is 1.58. The van der Waals surface area contributed by atoms with E-state index in [2.05, 4.69) is 20.2 Å². The fraction of sp³-hybridized carbons (Fsp3) is 0.250. The van der Waals surface area contributed by atoms with Gasteiger partial charge in [-0.05, 0) is 61.2 Å². The maximum atomic E-state index is 14.4. The summed E-state index contributed by atoms with van der Waals surface area (Å²) < 4.78 is 33.7. The Morgan fingerprint density at radius 1 is 1.09 bits per heavy atom. The van der Waals surface area contributed by atoms with Gasteiger partial charge in [-0.1, -0.05) is 5.11 Å². The van der Waals surface area contributed by atoms with Crippen LogP contribution in [0.3, 0.4) is 0 Å². The lowest BCUT2D eigenvalue weighted by atomic mass is 10.1. The molecule has 9 nitrogen and oxygen atoms in total. The second-order valence-electron chi connectivity index (χ2n) is 8.91. The fourth-order valence-corrected chi connectivity index (χ4v) is 5.30. The smallest absolute Gasteiger partial charge is 0.348 e. The quantitative estimate of drug-likeness (QED) is 0.215. The molecule has 1 saturated carbocycles. The fourth-order valence-electron chi connectivity index (χ4n) is 5.30. The molecule has 0 radical (unpaired) electrons. The van der Waals surface area contributed by atoms with Gasteiger partial charge in [0.05, 0.1) is 11.2 Å². The molecule has 35 heavy (non-hydrogen) atoms. The van der Waals surface area contributed by atoms with Crippen molar-refractivity contribution < 1.29 is 8.78 Å². The van der Waals surface area contributed by atoms with Crippen LogP contribution in [0.15, 0.2) is 58.7 Å². The molecular formula is C24H20F2N8O. The molecule has 2 aromatic carbocycles. The van der Waals surface area contributed by atoms with E-state index >= 15 is 0 Å². The van der Waals surface area contributed by atoms with E-state index < -0.39 is 17.3 Å². The molecule has 3 aromatic heterocycles. The average Bonchev–Trinajstić information content (AvgIpc) is 3.59. The van der Waals surface area contributed by atoms with Gasteiger partial charge in [-0.25, -0.2) is 23.2 Å². The summed E-state index contributed by atoms with van der Waals surface area (Å²) in [6.07, 6.45) is 5.81. The van der Waals surface area contributed by atoms with Gasteiger partial charge in [0.25, 0.3) is 0 Å². The first-order valence-electron chi connectivity index (χ1n) is 11.2. The van der Waals surface area contributed by atoms with Gasteiger partial charge in [-0.3, -0.25) is 0 Å². The number of benzene rings is 2. The summed E-state index contributed by atoms with van der Waals surface area (Å²) in [6.45, 7) is 0. The van der Waals surface area contributed by atoms with Crippen molar-refractivity contribution in [3.05, 3.63) is 81.4 Å². The Kier molecular flexibility index (Phi) is 4.75. The maximum absolute atomic E-state index is 14.4. The number of aromatic amines is 1. The van der Waals surface area contributed by atoms with Crippen molar-refractivity contribution in [2.75, 3.05) is 0 Å². The molecule has 0 spiro atoms. The molecule has 1 N–H and O–H groups in total. The average molecular weight is 474 g/mol. The van der Waals surface area contributed by atoms with Crippen molar-refractivity contribution in [3.63, 3.8) is 0 Å². The minimum Gasteiger partial charge on any atom is -0.350 e. The lowest BCUT2D eigenvalue weighted by Gasteiger charge is -2.13. The van der Waals surface area contributed by atoms with E-state index in [-0.39, 0.29) is 12.1 Å². The molecule has 176 valence electrons. The van der Waals surface area contributed by atoms with Crippen molar-refractivity contribution in [2.24, 2.45) is 12.2 Å². The summed E-state index contributed by atoms with van der Waals surface area (Å²) in [5.41, 5.74) is 10.9.